The molecule has 0 spiro atoms. The summed E-state index contributed by atoms with van der Waals surface area (Å²) in [5.74, 6) is 1.11. The van der Waals surface area contributed by atoms with Gasteiger partial charge in [0.2, 0.25) is 0 Å². The minimum Gasteiger partial charge on any atom is -0.463 e. The summed E-state index contributed by atoms with van der Waals surface area (Å²) < 4.78 is 19.1. The van der Waals surface area contributed by atoms with Crippen LogP contribution in [0.2, 0.25) is 0 Å². The Bertz CT molecular complexity index is 2110. The third kappa shape index (κ3) is 6.00. The molecule has 6 rings (SSSR count). The largest absolute Gasteiger partial charge is 0.463 e. The van der Waals surface area contributed by atoms with Gasteiger partial charge in [0.25, 0.3) is 5.56 Å². The van der Waals surface area contributed by atoms with Crippen molar-refractivity contribution in [2.75, 3.05) is 6.61 Å². The maximum atomic E-state index is 13.7. The minimum absolute atomic E-state index is 0.0253. The number of nitrogens with zero attached hydrogens (tertiary/aromatic N) is 2. The number of benzene rings is 4. The number of nitrogens with two attached hydrogens (primary N) is 1. The number of esters is 1. The van der Waals surface area contributed by atoms with Crippen molar-refractivity contribution in [2.24, 2.45) is 5.73 Å². The van der Waals surface area contributed by atoms with Crippen molar-refractivity contribution >= 4 is 34.8 Å². The third-order valence-electron chi connectivity index (χ3n) is 7.11. The van der Waals surface area contributed by atoms with E-state index in [0.717, 1.165) is 16.9 Å². The predicted molar refractivity (Wildman–Crippen MR) is 173 cm³/mol. The van der Waals surface area contributed by atoms with E-state index in [-0.39, 0.29) is 23.6 Å². The fourth-order valence-corrected chi connectivity index (χ4v) is 6.21. The second-order valence-electron chi connectivity index (χ2n) is 10.0. The van der Waals surface area contributed by atoms with E-state index in [1.807, 2.05) is 84.9 Å². The van der Waals surface area contributed by atoms with Gasteiger partial charge in [0.1, 0.15) is 33.5 Å². The highest BCUT2D eigenvalue weighted by molar-refractivity contribution is 7.07. The molecule has 5 aromatic rings. The van der Waals surface area contributed by atoms with Crippen LogP contribution in [0.4, 0.5) is 0 Å². The molecule has 1 aliphatic rings. The molecule has 1 aromatic heterocycles. The summed E-state index contributed by atoms with van der Waals surface area (Å²) in [5, 5.41) is 10.3. The Morgan fingerprint density at radius 2 is 1.40 bits per heavy atom. The topological polar surface area (TPSA) is 117 Å². The Hall–Kier alpha value is -5.85. The number of nitriles is 1. The van der Waals surface area contributed by atoms with Crippen molar-refractivity contribution in [1.82, 2.24) is 4.57 Å². The van der Waals surface area contributed by atoms with Gasteiger partial charge >= 0.3 is 5.97 Å². The molecule has 0 fully saturated rings. The number of fused-ring (bicyclic) bond motifs is 1. The molecule has 0 amide bonds. The van der Waals surface area contributed by atoms with Gasteiger partial charge in [-0.25, -0.2) is 4.79 Å². The second-order valence-corrected chi connectivity index (χ2v) is 11.0. The van der Waals surface area contributed by atoms with Crippen LogP contribution in [0.15, 0.2) is 120 Å². The van der Waals surface area contributed by atoms with Crippen molar-refractivity contribution in [2.45, 2.75) is 12.8 Å². The van der Waals surface area contributed by atoms with Crippen LogP contribution in [-0.2, 0) is 9.53 Å². The lowest BCUT2D eigenvalue weighted by Gasteiger charge is -2.24. The number of para-hydroxylation sites is 2. The number of hydrogen-bond donors (Lipinski definition) is 1. The van der Waals surface area contributed by atoms with Gasteiger partial charge < -0.3 is 19.9 Å². The lowest BCUT2D eigenvalue weighted by Crippen LogP contribution is -2.40. The van der Waals surface area contributed by atoms with Gasteiger partial charge in [0, 0.05) is 0 Å². The van der Waals surface area contributed by atoms with Gasteiger partial charge in [0.05, 0.1) is 34.3 Å². The molecule has 0 radical (unpaired) electrons. The monoisotopic (exact) mass is 613 g/mol. The van der Waals surface area contributed by atoms with E-state index >= 15 is 0 Å². The van der Waals surface area contributed by atoms with E-state index in [1.54, 1.807) is 37.3 Å². The number of ether oxygens (including phenoxy) is 3. The number of rotatable bonds is 8. The number of carbonyl (C=O) groups is 1. The first-order chi connectivity index (χ1) is 22.0. The van der Waals surface area contributed by atoms with E-state index in [1.165, 1.54) is 4.57 Å². The summed E-state index contributed by atoms with van der Waals surface area (Å²) in [6, 6.07) is 35.3. The normalized spacial score (nSPS) is 14.4. The summed E-state index contributed by atoms with van der Waals surface area (Å²) in [5.41, 5.74) is 7.70. The molecule has 9 heteroatoms. The number of thiazole rings is 1. The SMILES string of the molecule is CCOC(=O)C1=c2s/c(=C\c3ccc(Oc4ccccc4)cc3)c(=O)n2C(N)=C(C#N)C1c1ccc(Oc2ccccc2)cc1. The molecule has 8 nitrogen and oxygen atoms in total. The van der Waals surface area contributed by atoms with E-state index < -0.39 is 17.4 Å². The fraction of sp³-hybridized carbons (Fsp3) is 0.0833. The fourth-order valence-electron chi connectivity index (χ4n) is 5.05. The maximum Gasteiger partial charge on any atom is 0.338 e. The number of aromatic nitrogens is 1. The summed E-state index contributed by atoms with van der Waals surface area (Å²) in [6.45, 7) is 1.82. The van der Waals surface area contributed by atoms with Crippen LogP contribution in [-0.4, -0.2) is 17.1 Å². The average Bonchev–Trinajstić information content (AvgIpc) is 3.38. The molecule has 1 aliphatic heterocycles. The molecule has 222 valence electrons. The predicted octanol–water partition coefficient (Wildman–Crippen LogP) is 5.49. The van der Waals surface area contributed by atoms with E-state index in [9.17, 15) is 14.9 Å². The Morgan fingerprint density at radius 3 is 1.93 bits per heavy atom. The molecular formula is C36H27N3O5S. The highest BCUT2D eigenvalue weighted by atomic mass is 32.1. The molecular weight excluding hydrogens is 586 g/mol. The molecule has 0 saturated carbocycles. The average molecular weight is 614 g/mol. The summed E-state index contributed by atoms with van der Waals surface area (Å²) in [6.07, 6.45) is 1.72. The number of hydrogen-bond acceptors (Lipinski definition) is 8. The van der Waals surface area contributed by atoms with E-state index in [4.69, 9.17) is 19.9 Å². The van der Waals surface area contributed by atoms with Crippen molar-refractivity contribution < 1.29 is 19.0 Å². The van der Waals surface area contributed by atoms with Crippen molar-refractivity contribution in [3.63, 3.8) is 0 Å². The smallest absolute Gasteiger partial charge is 0.338 e. The molecule has 45 heavy (non-hydrogen) atoms. The van der Waals surface area contributed by atoms with Crippen molar-refractivity contribution in [3.05, 3.63) is 145 Å². The molecule has 0 aliphatic carbocycles. The van der Waals surface area contributed by atoms with Gasteiger partial charge in [-0.3, -0.25) is 9.36 Å². The standard InChI is InChI=1S/C36H27N3O5S/c1-2-42-36(41)32-31(24-15-19-28(20-16-24)44-26-11-7-4-8-12-26)29(22-37)33(38)39-34(40)30(45-35(32)39)21-23-13-17-27(18-14-23)43-25-9-5-3-6-10-25/h3-21,31H,2,38H2,1H3/b30-21-. The third-order valence-corrected chi connectivity index (χ3v) is 8.22. The highest BCUT2D eigenvalue weighted by Gasteiger charge is 2.36. The Balaban J connectivity index is 1.43. The van der Waals surface area contributed by atoms with Gasteiger partial charge in [0.15, 0.2) is 0 Å². The Kier molecular flexibility index (Phi) is 8.31. The van der Waals surface area contributed by atoms with Gasteiger partial charge in [-0.1, -0.05) is 60.7 Å². The van der Waals surface area contributed by atoms with Crippen molar-refractivity contribution in [3.8, 4) is 29.1 Å². The van der Waals surface area contributed by atoms with Crippen LogP contribution in [0.5, 0.6) is 23.0 Å². The van der Waals surface area contributed by atoms with Crippen LogP contribution >= 0.6 is 11.3 Å². The van der Waals surface area contributed by atoms with Gasteiger partial charge in [-0.15, -0.1) is 11.3 Å². The molecule has 1 unspecified atom stereocenters. The number of allylic oxidation sites excluding steroid dienone is 1. The lowest BCUT2D eigenvalue weighted by molar-refractivity contribution is -0.136. The second kappa shape index (κ2) is 12.8. The zero-order chi connectivity index (χ0) is 31.3. The molecule has 4 aromatic carbocycles. The van der Waals surface area contributed by atoms with Gasteiger partial charge in [-0.05, 0) is 72.7 Å². The van der Waals surface area contributed by atoms with Gasteiger partial charge in [-0.2, -0.15) is 5.26 Å². The molecule has 0 bridgehead atoms. The summed E-state index contributed by atoms with van der Waals surface area (Å²) >= 11 is 1.12. The van der Waals surface area contributed by atoms with Crippen LogP contribution in [0.1, 0.15) is 24.0 Å². The summed E-state index contributed by atoms with van der Waals surface area (Å²) in [7, 11) is 0. The summed E-state index contributed by atoms with van der Waals surface area (Å²) in [4.78, 5) is 27.2. The molecule has 2 heterocycles. The first kappa shape index (κ1) is 29.2. The van der Waals surface area contributed by atoms with Crippen molar-refractivity contribution in [1.29, 1.82) is 5.26 Å². The Morgan fingerprint density at radius 1 is 0.867 bits per heavy atom. The van der Waals surface area contributed by atoms with E-state index in [0.29, 0.717) is 37.8 Å². The van der Waals surface area contributed by atoms with Crippen LogP contribution in [0.25, 0.3) is 17.5 Å². The highest BCUT2D eigenvalue weighted by Crippen LogP contribution is 2.37. The zero-order valence-electron chi connectivity index (χ0n) is 24.2. The maximum absolute atomic E-state index is 13.7. The Labute approximate surface area is 262 Å². The molecule has 1 atom stereocenters. The lowest BCUT2D eigenvalue weighted by atomic mass is 9.84. The minimum atomic E-state index is -0.847. The van der Waals surface area contributed by atoms with Crippen LogP contribution in [0, 0.1) is 11.3 Å². The van der Waals surface area contributed by atoms with Crippen LogP contribution in [0.3, 0.4) is 0 Å². The quantitative estimate of drug-likeness (QED) is 0.230. The zero-order valence-corrected chi connectivity index (χ0v) is 25.0. The first-order valence-corrected chi connectivity index (χ1v) is 15.0. The molecule has 2 N–H and O–H groups in total. The molecule has 0 saturated heterocycles. The first-order valence-electron chi connectivity index (χ1n) is 14.2. The van der Waals surface area contributed by atoms with Crippen LogP contribution < -0.4 is 30.0 Å². The number of carbonyl (C=O) groups excluding carboxylic acids is 1. The van der Waals surface area contributed by atoms with E-state index in [2.05, 4.69) is 6.07 Å².